The molecule has 2 rings (SSSR count). The van der Waals surface area contributed by atoms with E-state index in [1.165, 1.54) is 6.92 Å². The molecule has 1 heterocycles. The molecule has 0 unspecified atom stereocenters. The van der Waals surface area contributed by atoms with Gasteiger partial charge in [0.2, 0.25) is 6.54 Å². The highest BCUT2D eigenvalue weighted by Crippen LogP contribution is 2.00. The van der Waals surface area contributed by atoms with E-state index in [0.29, 0.717) is 18.7 Å². The zero-order chi connectivity index (χ0) is 14.4. The van der Waals surface area contributed by atoms with E-state index in [-0.39, 0.29) is 28.7 Å². The highest BCUT2D eigenvalue weighted by Gasteiger charge is 2.09. The average Bonchev–Trinajstić information content (AvgIpc) is 2.46. The van der Waals surface area contributed by atoms with Crippen molar-refractivity contribution in [3.8, 4) is 0 Å². The number of ketones is 1. The highest BCUT2D eigenvalue weighted by atomic mass is 79.9. The lowest BCUT2D eigenvalue weighted by molar-refractivity contribution is -0.684. The Labute approximate surface area is 134 Å². The third kappa shape index (κ3) is 5.47. The second-order valence-corrected chi connectivity index (χ2v) is 4.63. The molecular formula is C16H18BrN2O2+. The second-order valence-electron chi connectivity index (χ2n) is 4.63. The van der Waals surface area contributed by atoms with Crippen LogP contribution in [0.2, 0.25) is 0 Å². The molecule has 0 atom stereocenters. The summed E-state index contributed by atoms with van der Waals surface area (Å²) in [5.74, 6) is -0.0416. The van der Waals surface area contributed by atoms with Crippen LogP contribution in [0.15, 0.2) is 54.9 Å². The molecule has 5 heteroatoms. The maximum atomic E-state index is 12.0. The minimum absolute atomic E-state index is 0. The molecule has 0 fully saturated rings. The number of amides is 1. The Morgan fingerprint density at radius 1 is 1.05 bits per heavy atom. The lowest BCUT2D eigenvalue weighted by Crippen LogP contribution is -2.36. The van der Waals surface area contributed by atoms with Crippen LogP contribution in [0.1, 0.15) is 22.8 Å². The van der Waals surface area contributed by atoms with Gasteiger partial charge in [0, 0.05) is 25.6 Å². The number of rotatable bonds is 5. The number of halogens is 1. The first kappa shape index (κ1) is 17.0. The van der Waals surface area contributed by atoms with Crippen LogP contribution in [0.5, 0.6) is 0 Å². The summed E-state index contributed by atoms with van der Waals surface area (Å²) in [6, 6.07) is 13.2. The van der Waals surface area contributed by atoms with Crippen LogP contribution in [0, 0.1) is 0 Å². The Morgan fingerprint density at radius 3 is 2.24 bits per heavy atom. The molecule has 1 aromatic carbocycles. The van der Waals surface area contributed by atoms with Crippen LogP contribution in [-0.2, 0) is 17.9 Å². The maximum Gasteiger partial charge on any atom is 0.252 e. The van der Waals surface area contributed by atoms with Crippen molar-refractivity contribution in [1.82, 2.24) is 5.32 Å². The summed E-state index contributed by atoms with van der Waals surface area (Å²) in [5.41, 5.74) is 1.64. The monoisotopic (exact) mass is 349 g/mol. The Kier molecular flexibility index (Phi) is 6.75. The lowest BCUT2D eigenvalue weighted by Gasteiger charge is -2.04. The molecule has 0 aliphatic heterocycles. The Bertz CT molecular complexity index is 597. The zero-order valence-electron chi connectivity index (χ0n) is 11.8. The Hall–Kier alpha value is -2.01. The van der Waals surface area contributed by atoms with Gasteiger partial charge < -0.3 is 5.32 Å². The van der Waals surface area contributed by atoms with E-state index in [2.05, 4.69) is 5.32 Å². The van der Waals surface area contributed by atoms with Gasteiger partial charge in [0.25, 0.3) is 5.91 Å². The van der Waals surface area contributed by atoms with Crippen LogP contribution in [0.25, 0.3) is 0 Å². The number of nitrogens with one attached hydrogen (secondary N) is 1. The van der Waals surface area contributed by atoms with Gasteiger partial charge in [0.15, 0.2) is 18.2 Å². The number of carbonyl (C=O) groups is 2. The Morgan fingerprint density at radius 2 is 1.67 bits per heavy atom. The van der Waals surface area contributed by atoms with Crippen LogP contribution in [0.4, 0.5) is 0 Å². The normalized spacial score (nSPS) is 9.57. The average molecular weight is 350 g/mol. The first-order chi connectivity index (χ1) is 9.65. The molecule has 0 aliphatic rings. The van der Waals surface area contributed by atoms with Gasteiger partial charge in [-0.1, -0.05) is 30.3 Å². The van der Waals surface area contributed by atoms with E-state index in [1.807, 2.05) is 30.3 Å². The van der Waals surface area contributed by atoms with Gasteiger partial charge in [-0.15, -0.1) is 17.0 Å². The van der Waals surface area contributed by atoms with Crippen LogP contribution >= 0.6 is 17.0 Å². The second kappa shape index (κ2) is 8.32. The van der Waals surface area contributed by atoms with E-state index >= 15 is 0 Å². The van der Waals surface area contributed by atoms with Crippen molar-refractivity contribution >= 4 is 28.7 Å². The molecule has 0 bridgehead atoms. The van der Waals surface area contributed by atoms with Gasteiger partial charge in [-0.3, -0.25) is 9.59 Å². The molecule has 1 N–H and O–H groups in total. The molecular weight excluding hydrogens is 332 g/mol. The molecule has 0 saturated carbocycles. The molecule has 0 spiro atoms. The largest absolute Gasteiger partial charge is 0.348 e. The van der Waals surface area contributed by atoms with Crippen LogP contribution in [0.3, 0.4) is 0 Å². The van der Waals surface area contributed by atoms with Crippen molar-refractivity contribution < 1.29 is 14.2 Å². The molecule has 0 aliphatic carbocycles. The number of benzene rings is 1. The summed E-state index contributed by atoms with van der Waals surface area (Å²) in [7, 11) is 0. The smallest absolute Gasteiger partial charge is 0.252 e. The predicted octanol–water partition coefficient (Wildman–Crippen LogP) is 2.07. The third-order valence-electron chi connectivity index (χ3n) is 2.85. The van der Waals surface area contributed by atoms with Crippen molar-refractivity contribution in [2.24, 2.45) is 0 Å². The van der Waals surface area contributed by atoms with E-state index in [0.717, 1.165) is 5.56 Å². The number of aromatic nitrogens is 1. The van der Waals surface area contributed by atoms with E-state index in [4.69, 9.17) is 0 Å². The third-order valence-corrected chi connectivity index (χ3v) is 2.85. The van der Waals surface area contributed by atoms with Crippen molar-refractivity contribution in [2.45, 2.75) is 20.0 Å². The van der Waals surface area contributed by atoms with Gasteiger partial charge in [-0.05, 0) is 5.56 Å². The van der Waals surface area contributed by atoms with Gasteiger partial charge in [0.1, 0.15) is 0 Å². The molecule has 0 saturated heterocycles. The van der Waals surface area contributed by atoms with Gasteiger partial charge >= 0.3 is 0 Å². The molecule has 1 aromatic heterocycles. The van der Waals surface area contributed by atoms with Gasteiger partial charge in [0.05, 0.1) is 5.56 Å². The number of pyridine rings is 1. The fourth-order valence-electron chi connectivity index (χ4n) is 1.85. The minimum atomic E-state index is -0.121. The number of carbonyl (C=O) groups excluding carboxylic acids is 2. The number of nitrogens with zero attached hydrogens (tertiary/aromatic N) is 1. The first-order valence-electron chi connectivity index (χ1n) is 6.46. The number of hydrogen-bond acceptors (Lipinski definition) is 2. The van der Waals surface area contributed by atoms with E-state index < -0.39 is 0 Å². The molecule has 110 valence electrons. The molecule has 4 nitrogen and oxygen atoms in total. The summed E-state index contributed by atoms with van der Waals surface area (Å²) in [6.07, 6.45) is 3.47. The SMILES string of the molecule is Br.CC(=O)C[n+]1ccc(C(=O)NCc2ccccc2)cc1. The standard InChI is InChI=1S/C16H16N2O2.BrH/c1-13(19)12-18-9-7-15(8-10-18)16(20)17-11-14-5-3-2-4-6-14;/h2-10H,11-12H2,1H3;1H/p+1. The molecule has 21 heavy (non-hydrogen) atoms. The molecule has 1 amide bonds. The minimum Gasteiger partial charge on any atom is -0.348 e. The highest BCUT2D eigenvalue weighted by molar-refractivity contribution is 8.93. The number of Topliss-reactive ketones (excluding diaryl/α,β-unsaturated/α-hetero) is 1. The van der Waals surface area contributed by atoms with Gasteiger partial charge in [-0.25, -0.2) is 0 Å². The van der Waals surface area contributed by atoms with Crippen molar-refractivity contribution in [3.63, 3.8) is 0 Å². The van der Waals surface area contributed by atoms with Crippen molar-refractivity contribution in [1.29, 1.82) is 0 Å². The summed E-state index contributed by atoms with van der Waals surface area (Å²) in [5, 5.41) is 2.86. The number of hydrogen-bond donors (Lipinski definition) is 1. The Balaban J connectivity index is 0.00000220. The van der Waals surface area contributed by atoms with Gasteiger partial charge in [-0.2, -0.15) is 4.57 Å². The lowest BCUT2D eigenvalue weighted by atomic mass is 10.2. The topological polar surface area (TPSA) is 50.0 Å². The molecule has 0 radical (unpaired) electrons. The predicted molar refractivity (Wildman–Crippen MR) is 85.3 cm³/mol. The summed E-state index contributed by atoms with van der Waals surface area (Å²) in [6.45, 7) is 2.36. The van der Waals surface area contributed by atoms with Crippen molar-refractivity contribution in [3.05, 3.63) is 66.0 Å². The fraction of sp³-hybridized carbons (Fsp3) is 0.188. The van der Waals surface area contributed by atoms with E-state index in [9.17, 15) is 9.59 Å². The quantitative estimate of drug-likeness (QED) is 0.840. The van der Waals surface area contributed by atoms with Crippen LogP contribution in [-0.4, -0.2) is 11.7 Å². The fourth-order valence-corrected chi connectivity index (χ4v) is 1.85. The van der Waals surface area contributed by atoms with Crippen LogP contribution < -0.4 is 9.88 Å². The molecule has 2 aromatic rings. The van der Waals surface area contributed by atoms with E-state index in [1.54, 1.807) is 29.1 Å². The maximum absolute atomic E-state index is 12.0. The first-order valence-corrected chi connectivity index (χ1v) is 6.46. The summed E-state index contributed by atoms with van der Waals surface area (Å²) >= 11 is 0. The summed E-state index contributed by atoms with van der Waals surface area (Å²) < 4.78 is 1.75. The van der Waals surface area contributed by atoms with Crippen molar-refractivity contribution in [2.75, 3.05) is 0 Å². The zero-order valence-corrected chi connectivity index (χ0v) is 13.5. The summed E-state index contributed by atoms with van der Waals surface area (Å²) in [4.78, 5) is 23.0.